The Hall–Kier alpha value is -2.15. The Morgan fingerprint density at radius 2 is 0.978 bits per heavy atom. The van der Waals surface area contributed by atoms with E-state index in [-0.39, 0.29) is 26.2 Å². The summed E-state index contributed by atoms with van der Waals surface area (Å²) in [6.45, 7) is 27.7. The second-order valence-electron chi connectivity index (χ2n) is 12.8. The quantitative estimate of drug-likeness (QED) is 0.118. The third-order valence-electron chi connectivity index (χ3n) is 8.25. The summed E-state index contributed by atoms with van der Waals surface area (Å²) in [5, 5.41) is 5.77. The van der Waals surface area contributed by atoms with Crippen molar-refractivity contribution >= 4 is 37.1 Å². The van der Waals surface area contributed by atoms with Crippen molar-refractivity contribution in [1.82, 2.24) is 0 Å². The van der Waals surface area contributed by atoms with Crippen LogP contribution in [-0.4, -0.2) is 15.5 Å². The molecule has 0 aromatic heterocycles. The molecule has 0 aliphatic carbocycles. The minimum Gasteiger partial charge on any atom is -0.346 e. The maximum atomic E-state index is 3.25. The molecule has 0 atom stereocenters. The van der Waals surface area contributed by atoms with Gasteiger partial charge >= 0.3 is 26.2 Å². The summed E-state index contributed by atoms with van der Waals surface area (Å²) in [6, 6.07) is 29.1. The van der Waals surface area contributed by atoms with E-state index in [9.17, 15) is 0 Å². The van der Waals surface area contributed by atoms with Gasteiger partial charge in [0.1, 0.15) is 0 Å². The number of aryl methyl sites for hydroxylation is 2. The molecule has 5 rings (SSSR count). The number of fused-ring (bicyclic) bond motifs is 2. The van der Waals surface area contributed by atoms with Crippen molar-refractivity contribution in [3.05, 3.63) is 125 Å². The zero-order valence-electron chi connectivity index (χ0n) is 30.1. The van der Waals surface area contributed by atoms with E-state index in [1.54, 1.807) is 16.8 Å². The first-order valence-electron chi connectivity index (χ1n) is 16.7. The van der Waals surface area contributed by atoms with Crippen LogP contribution in [0.1, 0.15) is 139 Å². The Bertz CT molecular complexity index is 1460. The molecule has 5 aromatic rings. The van der Waals surface area contributed by atoms with E-state index in [1.807, 2.05) is 30.3 Å². The number of hydrogen-bond acceptors (Lipinski definition) is 0. The molecule has 0 saturated carbocycles. The fraction of sp³-hybridized carbons (Fsp3) is 0.395. The Labute approximate surface area is 298 Å². The van der Waals surface area contributed by atoms with E-state index in [4.69, 9.17) is 0 Å². The van der Waals surface area contributed by atoms with E-state index in [0.717, 1.165) is 12.8 Å². The van der Waals surface area contributed by atoms with Crippen LogP contribution >= 0.6 is 0 Å². The van der Waals surface area contributed by atoms with Gasteiger partial charge in [0.25, 0.3) is 0 Å². The predicted molar refractivity (Wildman–Crippen MR) is 204 cm³/mol. The maximum absolute atomic E-state index is 3.25. The Kier molecular flexibility index (Phi) is 18.3. The molecule has 0 aliphatic heterocycles. The van der Waals surface area contributed by atoms with Gasteiger partial charge in [-0.25, -0.2) is 0 Å². The second-order valence-corrected chi connectivity index (χ2v) is 13.2. The molecular weight excluding hydrogens is 636 g/mol. The average molecular weight is 694 g/mol. The second kappa shape index (κ2) is 20.2. The van der Waals surface area contributed by atoms with Gasteiger partial charge in [0.05, 0.1) is 0 Å². The standard InChI is InChI=1S/2C17H23.C7H7Si.C2H5.Zr/c2*1-6-13-7-15-9-14(11(2)3)10-16(12(4)5)17(15)8-13;8-6-7-4-2-1-3-5-7;1-2;/h2*7-12H,6H2,1-5H3;1-5H,8H2;1H2,2H3;/q4*-1;+4. The molecule has 2 heteroatoms. The van der Waals surface area contributed by atoms with E-state index >= 15 is 0 Å². The summed E-state index contributed by atoms with van der Waals surface area (Å²) in [7, 11) is 1.73. The van der Waals surface area contributed by atoms with Crippen molar-refractivity contribution in [3.63, 3.8) is 0 Å². The third-order valence-corrected chi connectivity index (χ3v) is 8.65. The van der Waals surface area contributed by atoms with E-state index in [2.05, 4.69) is 130 Å². The minimum atomic E-state index is 0. The van der Waals surface area contributed by atoms with Gasteiger partial charge in [-0.2, -0.15) is 42.4 Å². The normalized spacial score (nSPS) is 10.7. The van der Waals surface area contributed by atoms with Crippen LogP contribution in [0.5, 0.6) is 0 Å². The summed E-state index contributed by atoms with van der Waals surface area (Å²) in [5.41, 5.74) is 13.1. The largest absolute Gasteiger partial charge is 4.00 e. The summed E-state index contributed by atoms with van der Waals surface area (Å²) in [5.74, 6) is 2.42. The van der Waals surface area contributed by atoms with Crippen LogP contribution in [0.15, 0.2) is 78.9 Å². The molecule has 238 valence electrons. The Morgan fingerprint density at radius 3 is 1.24 bits per heavy atom. The molecule has 45 heavy (non-hydrogen) atoms. The van der Waals surface area contributed by atoms with Crippen molar-refractivity contribution in [2.24, 2.45) is 0 Å². The van der Waals surface area contributed by atoms with Gasteiger partial charge in [-0.05, 0) is 36.5 Å². The fourth-order valence-electron chi connectivity index (χ4n) is 5.46. The molecule has 0 N–H and O–H groups in total. The Balaban J connectivity index is 0.000000343. The molecule has 0 amide bonds. The smallest absolute Gasteiger partial charge is 0.346 e. The first-order valence-corrected chi connectivity index (χ1v) is 17.4. The number of rotatable bonds is 7. The summed E-state index contributed by atoms with van der Waals surface area (Å²) in [4.78, 5) is 0. The number of benzene rings is 3. The summed E-state index contributed by atoms with van der Waals surface area (Å²) < 4.78 is 0. The van der Waals surface area contributed by atoms with Crippen molar-refractivity contribution in [3.8, 4) is 0 Å². The molecule has 0 saturated heterocycles. The van der Waals surface area contributed by atoms with Crippen molar-refractivity contribution in [1.29, 1.82) is 0 Å². The van der Waals surface area contributed by atoms with Gasteiger partial charge in [0, 0.05) is 0 Å². The average Bonchev–Trinajstić information content (AvgIpc) is 3.65. The van der Waals surface area contributed by atoms with E-state index in [0.29, 0.717) is 23.7 Å². The van der Waals surface area contributed by atoms with Gasteiger partial charge in [-0.3, -0.25) is 0 Å². The molecule has 0 nitrogen and oxygen atoms in total. The van der Waals surface area contributed by atoms with Gasteiger partial charge in [0.15, 0.2) is 0 Å². The summed E-state index contributed by atoms with van der Waals surface area (Å²) in [6.07, 6.45) is 2.26. The fourth-order valence-corrected chi connectivity index (χ4v) is 5.69. The minimum absolute atomic E-state index is 0. The van der Waals surface area contributed by atoms with Crippen molar-refractivity contribution < 1.29 is 26.2 Å². The Morgan fingerprint density at radius 1 is 0.600 bits per heavy atom. The van der Waals surface area contributed by atoms with Crippen LogP contribution in [-0.2, 0) is 39.0 Å². The molecule has 0 spiro atoms. The predicted octanol–water partition coefficient (Wildman–Crippen LogP) is 11.9. The number of hydrogen-bond donors (Lipinski definition) is 0. The maximum Gasteiger partial charge on any atom is 4.00 e. The molecule has 0 radical (unpaired) electrons. The van der Waals surface area contributed by atoms with Crippen molar-refractivity contribution in [2.75, 3.05) is 0 Å². The molecule has 0 aliphatic rings. The van der Waals surface area contributed by atoms with Crippen LogP contribution in [0.4, 0.5) is 0 Å². The first-order chi connectivity index (χ1) is 21.0. The zero-order chi connectivity index (χ0) is 33.0. The SMILES string of the molecule is CCc1cc2c(C(C)C)cc(C(C)C)cc2[cH-]1.CCc1cc2c(C(C)C)cc(C(C)C)cc2[cH-]1.[CH2-]C.[SiH2]=[C-]c1ccccc1.[Zr+4]. The van der Waals surface area contributed by atoms with Gasteiger partial charge in [-0.15, -0.1) is 69.1 Å². The van der Waals surface area contributed by atoms with Crippen molar-refractivity contribution in [2.45, 2.75) is 113 Å². The summed E-state index contributed by atoms with van der Waals surface area (Å²) >= 11 is 0. The molecular formula is C43H58SiZr. The van der Waals surface area contributed by atoms with Crippen LogP contribution < -0.4 is 0 Å². The monoisotopic (exact) mass is 692 g/mol. The third kappa shape index (κ3) is 11.6. The molecule has 0 bridgehead atoms. The van der Waals surface area contributed by atoms with Crippen LogP contribution in [0.3, 0.4) is 0 Å². The molecule has 0 heterocycles. The zero-order valence-corrected chi connectivity index (χ0v) is 34.0. The van der Waals surface area contributed by atoms with Gasteiger partial charge in [-0.1, -0.05) is 120 Å². The molecule has 0 unspecified atom stereocenters. The molecule has 0 fully saturated rings. The molecule has 5 aromatic carbocycles. The topological polar surface area (TPSA) is 0 Å². The van der Waals surface area contributed by atoms with E-state index in [1.165, 1.54) is 60.5 Å². The van der Waals surface area contributed by atoms with E-state index < -0.39 is 0 Å². The van der Waals surface area contributed by atoms with Crippen LogP contribution in [0.25, 0.3) is 21.5 Å². The van der Waals surface area contributed by atoms with Crippen LogP contribution in [0.2, 0.25) is 0 Å². The van der Waals surface area contributed by atoms with Gasteiger partial charge in [0.2, 0.25) is 0 Å². The first kappa shape index (κ1) is 40.9. The van der Waals surface area contributed by atoms with Gasteiger partial charge < -0.3 is 6.92 Å². The van der Waals surface area contributed by atoms with Crippen LogP contribution in [0, 0.1) is 6.92 Å².